The van der Waals surface area contributed by atoms with Crippen LogP contribution in [0.15, 0.2) is 53.7 Å². The summed E-state index contributed by atoms with van der Waals surface area (Å²) >= 11 is 0.889. The highest BCUT2D eigenvalue weighted by molar-refractivity contribution is 8.00. The summed E-state index contributed by atoms with van der Waals surface area (Å²) in [4.78, 5) is 12.0. The Bertz CT molecular complexity index is 1020. The van der Waals surface area contributed by atoms with Crippen molar-refractivity contribution in [3.05, 3.63) is 60.2 Å². The number of hydrogen-bond donors (Lipinski definition) is 1. The van der Waals surface area contributed by atoms with Gasteiger partial charge in [-0.2, -0.15) is 13.2 Å². The highest BCUT2D eigenvalue weighted by Crippen LogP contribution is 2.30. The average Bonchev–Trinajstić information content (AvgIpc) is 3.10. The standard InChI is InChI=1S/C19H15F5N4OS/c1-11(17(29)25-10-19(22,23)24)30-18-27-26-16(12-2-4-13(20)5-3-12)28(18)15-8-6-14(21)7-9-15/h2-9,11H,10H2,1H3,(H,25,29). The smallest absolute Gasteiger partial charge is 0.346 e. The number of alkyl halides is 3. The SMILES string of the molecule is CC(Sc1nnc(-c2ccc(F)cc2)n1-c1ccc(F)cc1)C(=O)NCC(F)(F)F. The number of carbonyl (C=O) groups excluding carboxylic acids is 1. The molecule has 0 saturated heterocycles. The summed E-state index contributed by atoms with van der Waals surface area (Å²) in [5, 5.41) is 9.21. The molecule has 0 aliphatic heterocycles. The molecule has 0 spiro atoms. The van der Waals surface area contributed by atoms with Crippen LogP contribution in [-0.4, -0.2) is 38.6 Å². The van der Waals surface area contributed by atoms with Gasteiger partial charge in [0.1, 0.15) is 18.2 Å². The Kier molecular flexibility index (Phi) is 6.40. The molecule has 1 amide bonds. The molecule has 158 valence electrons. The molecule has 0 fully saturated rings. The van der Waals surface area contributed by atoms with Crippen molar-refractivity contribution in [2.45, 2.75) is 23.5 Å². The maximum Gasteiger partial charge on any atom is 0.405 e. The Morgan fingerprint density at radius 2 is 1.60 bits per heavy atom. The number of nitrogens with one attached hydrogen (secondary N) is 1. The van der Waals surface area contributed by atoms with Gasteiger partial charge in [0.15, 0.2) is 11.0 Å². The normalized spacial score (nSPS) is 12.6. The highest BCUT2D eigenvalue weighted by Gasteiger charge is 2.29. The van der Waals surface area contributed by atoms with Crippen LogP contribution in [0.2, 0.25) is 0 Å². The zero-order chi connectivity index (χ0) is 21.9. The van der Waals surface area contributed by atoms with E-state index in [2.05, 4.69) is 10.2 Å². The molecule has 1 unspecified atom stereocenters. The zero-order valence-electron chi connectivity index (χ0n) is 15.5. The molecular weight excluding hydrogens is 427 g/mol. The molecule has 3 aromatic rings. The second kappa shape index (κ2) is 8.82. The summed E-state index contributed by atoms with van der Waals surface area (Å²) in [5.74, 6) is -1.44. The fraction of sp³-hybridized carbons (Fsp3) is 0.211. The van der Waals surface area contributed by atoms with Gasteiger partial charge in [0.25, 0.3) is 0 Å². The van der Waals surface area contributed by atoms with Gasteiger partial charge in [0, 0.05) is 11.3 Å². The van der Waals surface area contributed by atoms with Gasteiger partial charge in [-0.1, -0.05) is 11.8 Å². The first-order valence-corrected chi connectivity index (χ1v) is 9.50. The van der Waals surface area contributed by atoms with Gasteiger partial charge < -0.3 is 5.32 Å². The van der Waals surface area contributed by atoms with E-state index in [1.807, 2.05) is 5.32 Å². The van der Waals surface area contributed by atoms with Crippen LogP contribution in [0, 0.1) is 11.6 Å². The molecule has 30 heavy (non-hydrogen) atoms. The Balaban J connectivity index is 1.93. The number of rotatable bonds is 6. The summed E-state index contributed by atoms with van der Waals surface area (Å²) in [6, 6.07) is 10.8. The van der Waals surface area contributed by atoms with Crippen molar-refractivity contribution in [1.29, 1.82) is 0 Å². The van der Waals surface area contributed by atoms with E-state index in [-0.39, 0.29) is 5.16 Å². The highest BCUT2D eigenvalue weighted by atomic mass is 32.2. The number of benzene rings is 2. The number of carbonyl (C=O) groups is 1. The molecule has 1 N–H and O–H groups in total. The second-order valence-electron chi connectivity index (χ2n) is 6.22. The Hall–Kier alpha value is -2.95. The molecule has 0 radical (unpaired) electrons. The van der Waals surface area contributed by atoms with Crippen molar-refractivity contribution >= 4 is 17.7 Å². The van der Waals surface area contributed by atoms with E-state index < -0.39 is 35.5 Å². The van der Waals surface area contributed by atoms with Crippen LogP contribution < -0.4 is 5.32 Å². The molecule has 0 aliphatic carbocycles. The summed E-state index contributed by atoms with van der Waals surface area (Å²) in [5.41, 5.74) is 0.973. The van der Waals surface area contributed by atoms with Gasteiger partial charge in [-0.05, 0) is 55.5 Å². The van der Waals surface area contributed by atoms with Crippen molar-refractivity contribution in [1.82, 2.24) is 20.1 Å². The minimum Gasteiger partial charge on any atom is -0.346 e. The zero-order valence-corrected chi connectivity index (χ0v) is 16.3. The van der Waals surface area contributed by atoms with E-state index in [1.165, 1.54) is 60.0 Å². The van der Waals surface area contributed by atoms with Gasteiger partial charge in [-0.3, -0.25) is 9.36 Å². The lowest BCUT2D eigenvalue weighted by Crippen LogP contribution is -2.38. The maximum absolute atomic E-state index is 13.4. The number of nitrogens with zero attached hydrogens (tertiary/aromatic N) is 3. The Morgan fingerprint density at radius 1 is 1.03 bits per heavy atom. The minimum absolute atomic E-state index is 0.204. The molecule has 1 aromatic heterocycles. The van der Waals surface area contributed by atoms with E-state index in [4.69, 9.17) is 0 Å². The molecule has 3 rings (SSSR count). The maximum atomic E-state index is 13.4. The monoisotopic (exact) mass is 442 g/mol. The predicted octanol–water partition coefficient (Wildman–Crippen LogP) is 4.37. The molecule has 1 heterocycles. The molecule has 1 atom stereocenters. The van der Waals surface area contributed by atoms with Crippen LogP contribution >= 0.6 is 11.8 Å². The lowest BCUT2D eigenvalue weighted by Gasteiger charge is -2.14. The predicted molar refractivity (Wildman–Crippen MR) is 101 cm³/mol. The van der Waals surface area contributed by atoms with Crippen LogP contribution in [0.1, 0.15) is 6.92 Å². The third-order valence-electron chi connectivity index (χ3n) is 3.94. The van der Waals surface area contributed by atoms with Crippen LogP contribution in [0.25, 0.3) is 17.1 Å². The van der Waals surface area contributed by atoms with Crippen molar-refractivity contribution in [2.24, 2.45) is 0 Å². The molecular formula is C19H15F5N4OS. The van der Waals surface area contributed by atoms with Gasteiger partial charge in [-0.25, -0.2) is 8.78 Å². The molecule has 5 nitrogen and oxygen atoms in total. The van der Waals surface area contributed by atoms with E-state index >= 15 is 0 Å². The number of aromatic nitrogens is 3. The Morgan fingerprint density at radius 3 is 2.17 bits per heavy atom. The fourth-order valence-corrected chi connectivity index (χ4v) is 3.39. The van der Waals surface area contributed by atoms with E-state index in [0.717, 1.165) is 11.8 Å². The van der Waals surface area contributed by atoms with Crippen LogP contribution in [0.3, 0.4) is 0 Å². The quantitative estimate of drug-likeness (QED) is 0.455. The van der Waals surface area contributed by atoms with Gasteiger partial charge in [-0.15, -0.1) is 10.2 Å². The molecule has 0 aliphatic rings. The van der Waals surface area contributed by atoms with Gasteiger partial charge in [0.2, 0.25) is 5.91 Å². The topological polar surface area (TPSA) is 59.8 Å². The van der Waals surface area contributed by atoms with E-state index in [1.54, 1.807) is 0 Å². The van der Waals surface area contributed by atoms with Gasteiger partial charge in [0.05, 0.1) is 5.25 Å². The van der Waals surface area contributed by atoms with E-state index in [9.17, 15) is 26.7 Å². The number of amides is 1. The third-order valence-corrected chi connectivity index (χ3v) is 4.98. The fourth-order valence-electron chi connectivity index (χ4n) is 2.50. The number of halogens is 5. The molecule has 2 aromatic carbocycles. The third kappa shape index (κ3) is 5.35. The summed E-state index contributed by atoms with van der Waals surface area (Å²) in [7, 11) is 0. The lowest BCUT2D eigenvalue weighted by molar-refractivity contribution is -0.137. The largest absolute Gasteiger partial charge is 0.405 e. The molecule has 0 bridgehead atoms. The van der Waals surface area contributed by atoms with E-state index in [0.29, 0.717) is 17.1 Å². The number of thioether (sulfide) groups is 1. The van der Waals surface area contributed by atoms with Crippen molar-refractivity contribution in [2.75, 3.05) is 6.54 Å². The van der Waals surface area contributed by atoms with Crippen LogP contribution in [-0.2, 0) is 4.79 Å². The van der Waals surface area contributed by atoms with Gasteiger partial charge >= 0.3 is 6.18 Å². The van der Waals surface area contributed by atoms with Crippen molar-refractivity contribution in [3.8, 4) is 17.1 Å². The van der Waals surface area contributed by atoms with Crippen LogP contribution in [0.5, 0.6) is 0 Å². The first kappa shape index (κ1) is 21.8. The number of hydrogen-bond acceptors (Lipinski definition) is 4. The van der Waals surface area contributed by atoms with Crippen molar-refractivity contribution in [3.63, 3.8) is 0 Å². The first-order chi connectivity index (χ1) is 14.1. The molecule has 11 heteroatoms. The lowest BCUT2D eigenvalue weighted by atomic mass is 10.2. The van der Waals surface area contributed by atoms with Crippen LogP contribution in [0.4, 0.5) is 22.0 Å². The first-order valence-electron chi connectivity index (χ1n) is 8.62. The summed E-state index contributed by atoms with van der Waals surface area (Å²) < 4.78 is 65.2. The molecule has 0 saturated carbocycles. The Labute approximate surface area is 172 Å². The second-order valence-corrected chi connectivity index (χ2v) is 7.53. The average molecular weight is 442 g/mol. The minimum atomic E-state index is -4.52. The summed E-state index contributed by atoms with van der Waals surface area (Å²) in [6.07, 6.45) is -4.52. The van der Waals surface area contributed by atoms with Crippen molar-refractivity contribution < 1.29 is 26.7 Å². The summed E-state index contributed by atoms with van der Waals surface area (Å²) in [6.45, 7) is -0.0140.